The molecule has 1 fully saturated rings. The van der Waals surface area contributed by atoms with Gasteiger partial charge in [-0.3, -0.25) is 4.79 Å². The molecule has 1 heterocycles. The second-order valence-corrected chi connectivity index (χ2v) is 5.83. The molecule has 0 bridgehead atoms. The van der Waals surface area contributed by atoms with Crippen LogP contribution in [0.3, 0.4) is 0 Å². The van der Waals surface area contributed by atoms with Crippen LogP contribution in [0.4, 0.5) is 0 Å². The first kappa shape index (κ1) is 12.6. The van der Waals surface area contributed by atoms with E-state index in [1.165, 1.54) is 12.8 Å². The SMILES string of the molecule is CCOC(=O)[C@@](C)(c1cccs1)C1CCCC1. The van der Waals surface area contributed by atoms with Gasteiger partial charge in [-0.15, -0.1) is 11.3 Å². The van der Waals surface area contributed by atoms with Crippen LogP contribution in [0, 0.1) is 5.92 Å². The van der Waals surface area contributed by atoms with Gasteiger partial charge in [0.2, 0.25) is 0 Å². The Morgan fingerprint density at radius 1 is 1.53 bits per heavy atom. The Morgan fingerprint density at radius 2 is 2.24 bits per heavy atom. The summed E-state index contributed by atoms with van der Waals surface area (Å²) in [7, 11) is 0. The normalized spacial score (nSPS) is 20.1. The molecule has 0 spiro atoms. The highest BCUT2D eigenvalue weighted by Gasteiger charge is 2.45. The highest BCUT2D eigenvalue weighted by atomic mass is 32.1. The molecule has 1 aromatic heterocycles. The summed E-state index contributed by atoms with van der Waals surface area (Å²) < 4.78 is 5.31. The van der Waals surface area contributed by atoms with Crippen LogP contribution in [0.5, 0.6) is 0 Å². The minimum atomic E-state index is -0.430. The summed E-state index contributed by atoms with van der Waals surface area (Å²) in [4.78, 5) is 13.5. The van der Waals surface area contributed by atoms with Gasteiger partial charge in [0.1, 0.15) is 5.41 Å². The van der Waals surface area contributed by atoms with Crippen LogP contribution in [-0.4, -0.2) is 12.6 Å². The maximum absolute atomic E-state index is 12.3. The molecule has 0 N–H and O–H groups in total. The van der Waals surface area contributed by atoms with Gasteiger partial charge in [0.15, 0.2) is 0 Å². The van der Waals surface area contributed by atoms with Crippen LogP contribution in [0.1, 0.15) is 44.4 Å². The van der Waals surface area contributed by atoms with Crippen molar-refractivity contribution < 1.29 is 9.53 Å². The lowest BCUT2D eigenvalue weighted by Crippen LogP contribution is -2.40. The Labute approximate surface area is 107 Å². The Kier molecular flexibility index (Phi) is 3.87. The molecule has 94 valence electrons. The van der Waals surface area contributed by atoms with E-state index in [9.17, 15) is 4.79 Å². The minimum Gasteiger partial charge on any atom is -0.465 e. The highest BCUT2D eigenvalue weighted by molar-refractivity contribution is 7.10. The molecule has 3 heteroatoms. The highest BCUT2D eigenvalue weighted by Crippen LogP contribution is 2.44. The Bertz CT molecular complexity index is 366. The molecule has 0 aliphatic heterocycles. The number of carbonyl (C=O) groups excluding carboxylic acids is 1. The first-order chi connectivity index (χ1) is 8.19. The third kappa shape index (κ3) is 2.25. The van der Waals surface area contributed by atoms with Gasteiger partial charge in [-0.25, -0.2) is 0 Å². The van der Waals surface area contributed by atoms with Gasteiger partial charge in [-0.05, 0) is 44.1 Å². The van der Waals surface area contributed by atoms with Crippen molar-refractivity contribution in [3.8, 4) is 0 Å². The Morgan fingerprint density at radius 3 is 2.76 bits per heavy atom. The number of thiophene rings is 1. The number of esters is 1. The summed E-state index contributed by atoms with van der Waals surface area (Å²) >= 11 is 1.67. The van der Waals surface area contributed by atoms with E-state index >= 15 is 0 Å². The van der Waals surface area contributed by atoms with E-state index in [4.69, 9.17) is 4.74 Å². The molecule has 17 heavy (non-hydrogen) atoms. The second kappa shape index (κ2) is 5.21. The maximum Gasteiger partial charge on any atom is 0.317 e. The molecule has 1 atom stereocenters. The predicted octanol–water partition coefficient (Wildman–Crippen LogP) is 3.76. The number of hydrogen-bond acceptors (Lipinski definition) is 3. The van der Waals surface area contributed by atoms with E-state index in [1.54, 1.807) is 11.3 Å². The number of ether oxygens (including phenoxy) is 1. The van der Waals surface area contributed by atoms with Crippen molar-refractivity contribution in [3.63, 3.8) is 0 Å². The fourth-order valence-electron chi connectivity index (χ4n) is 2.83. The van der Waals surface area contributed by atoms with Crippen LogP contribution in [0.15, 0.2) is 17.5 Å². The fraction of sp³-hybridized carbons (Fsp3) is 0.643. The minimum absolute atomic E-state index is 0.0469. The average Bonchev–Trinajstić information content (AvgIpc) is 3.01. The zero-order valence-corrected chi connectivity index (χ0v) is 11.4. The Balaban J connectivity index is 2.31. The van der Waals surface area contributed by atoms with Crippen LogP contribution in [-0.2, 0) is 14.9 Å². The first-order valence-corrected chi connectivity index (χ1v) is 7.28. The van der Waals surface area contributed by atoms with E-state index in [0.717, 1.165) is 17.7 Å². The molecule has 0 radical (unpaired) electrons. The zero-order valence-electron chi connectivity index (χ0n) is 10.6. The van der Waals surface area contributed by atoms with E-state index in [1.807, 2.05) is 18.4 Å². The van der Waals surface area contributed by atoms with Crippen LogP contribution in [0.2, 0.25) is 0 Å². The van der Waals surface area contributed by atoms with E-state index < -0.39 is 5.41 Å². The standard InChI is InChI=1S/C14H20O2S/c1-3-16-13(15)14(2,11-7-4-5-8-11)12-9-6-10-17-12/h6,9-11H,3-5,7-8H2,1-2H3/t14-/m1/s1. The molecule has 0 unspecified atom stereocenters. The zero-order chi connectivity index (χ0) is 12.3. The van der Waals surface area contributed by atoms with Gasteiger partial charge in [-0.1, -0.05) is 18.9 Å². The van der Waals surface area contributed by atoms with Crippen LogP contribution < -0.4 is 0 Å². The van der Waals surface area contributed by atoms with Gasteiger partial charge in [-0.2, -0.15) is 0 Å². The molecular formula is C14H20O2S. The number of rotatable bonds is 4. The van der Waals surface area contributed by atoms with Crippen molar-refractivity contribution in [1.29, 1.82) is 0 Å². The maximum atomic E-state index is 12.3. The van der Waals surface area contributed by atoms with Gasteiger partial charge in [0, 0.05) is 4.88 Å². The fourth-order valence-corrected chi connectivity index (χ4v) is 3.78. The quantitative estimate of drug-likeness (QED) is 0.763. The molecular weight excluding hydrogens is 232 g/mol. The van der Waals surface area contributed by atoms with E-state index in [0.29, 0.717) is 12.5 Å². The topological polar surface area (TPSA) is 26.3 Å². The van der Waals surface area contributed by atoms with Crippen LogP contribution >= 0.6 is 11.3 Å². The molecule has 0 saturated heterocycles. The molecule has 1 aliphatic rings. The summed E-state index contributed by atoms with van der Waals surface area (Å²) in [6.07, 6.45) is 4.77. The number of carbonyl (C=O) groups is 1. The van der Waals surface area contributed by atoms with Gasteiger partial charge >= 0.3 is 5.97 Å². The first-order valence-electron chi connectivity index (χ1n) is 6.40. The lowest BCUT2D eigenvalue weighted by molar-refractivity contribution is -0.151. The van der Waals surface area contributed by atoms with Crippen molar-refractivity contribution in [2.45, 2.75) is 44.9 Å². The van der Waals surface area contributed by atoms with Crippen molar-refractivity contribution in [1.82, 2.24) is 0 Å². The second-order valence-electron chi connectivity index (χ2n) is 4.88. The van der Waals surface area contributed by atoms with E-state index in [-0.39, 0.29) is 5.97 Å². The van der Waals surface area contributed by atoms with Crippen molar-refractivity contribution in [3.05, 3.63) is 22.4 Å². The summed E-state index contributed by atoms with van der Waals surface area (Å²) in [6.45, 7) is 4.40. The van der Waals surface area contributed by atoms with Crippen LogP contribution in [0.25, 0.3) is 0 Å². The molecule has 1 saturated carbocycles. The third-order valence-electron chi connectivity index (χ3n) is 3.90. The summed E-state index contributed by atoms with van der Waals surface area (Å²) in [5.41, 5.74) is -0.430. The monoisotopic (exact) mass is 252 g/mol. The largest absolute Gasteiger partial charge is 0.465 e. The molecule has 2 nitrogen and oxygen atoms in total. The molecule has 1 aromatic rings. The molecule has 0 aromatic carbocycles. The number of hydrogen-bond donors (Lipinski definition) is 0. The van der Waals surface area contributed by atoms with Gasteiger partial charge in [0.05, 0.1) is 6.61 Å². The lowest BCUT2D eigenvalue weighted by Gasteiger charge is -2.32. The predicted molar refractivity (Wildman–Crippen MR) is 70.3 cm³/mol. The van der Waals surface area contributed by atoms with Gasteiger partial charge < -0.3 is 4.74 Å². The van der Waals surface area contributed by atoms with Crippen molar-refractivity contribution in [2.75, 3.05) is 6.61 Å². The molecule has 1 aliphatic carbocycles. The average molecular weight is 252 g/mol. The summed E-state index contributed by atoms with van der Waals surface area (Å²) in [5.74, 6) is 0.398. The third-order valence-corrected chi connectivity index (χ3v) is 5.01. The molecule has 0 amide bonds. The van der Waals surface area contributed by atoms with Crippen molar-refractivity contribution >= 4 is 17.3 Å². The van der Waals surface area contributed by atoms with Gasteiger partial charge in [0.25, 0.3) is 0 Å². The Hall–Kier alpha value is -0.830. The van der Waals surface area contributed by atoms with E-state index in [2.05, 4.69) is 13.0 Å². The summed E-state index contributed by atoms with van der Waals surface area (Å²) in [6, 6.07) is 4.09. The molecule has 2 rings (SSSR count). The lowest BCUT2D eigenvalue weighted by atomic mass is 9.75. The summed E-state index contributed by atoms with van der Waals surface area (Å²) in [5, 5.41) is 2.04. The van der Waals surface area contributed by atoms with Crippen molar-refractivity contribution in [2.24, 2.45) is 5.92 Å². The smallest absolute Gasteiger partial charge is 0.317 e.